The van der Waals surface area contributed by atoms with Gasteiger partial charge in [0.15, 0.2) is 0 Å². The zero-order valence-corrected chi connectivity index (χ0v) is 60.2. The zero-order valence-electron chi connectivity index (χ0n) is 57.1. The highest BCUT2D eigenvalue weighted by Crippen LogP contribution is 2.39. The van der Waals surface area contributed by atoms with E-state index < -0.39 is 55.1 Å². The molecule has 0 atom stereocenters. The van der Waals surface area contributed by atoms with Crippen LogP contribution in [0.1, 0.15) is 91.8 Å². The second kappa shape index (κ2) is 31.3. The number of nitriles is 1. The lowest BCUT2D eigenvalue weighted by molar-refractivity contribution is -0.137. The van der Waals surface area contributed by atoms with E-state index in [0.29, 0.717) is 119 Å². The molecule has 104 heavy (non-hydrogen) atoms. The number of hydrogen-bond acceptors (Lipinski definition) is 8. The number of sulfonamides is 2. The molecule has 5 aromatic carbocycles. The van der Waals surface area contributed by atoms with Crippen molar-refractivity contribution in [3.05, 3.63) is 206 Å². The molecular formula is C75H72Cl2F7N11O7S2. The summed E-state index contributed by atoms with van der Waals surface area (Å²) >= 11 is 11.6. The van der Waals surface area contributed by atoms with E-state index in [2.05, 4.69) is 31.0 Å². The minimum atomic E-state index is -4.35. The number of halogens is 9. The number of amides is 3. The molecule has 5 aliphatic rings. The molecule has 18 nitrogen and oxygen atoms in total. The third-order valence-corrected chi connectivity index (χ3v) is 22.1. The Labute approximate surface area is 604 Å². The summed E-state index contributed by atoms with van der Waals surface area (Å²) in [6, 6.07) is 19.6. The van der Waals surface area contributed by atoms with Crippen LogP contribution >= 0.6 is 23.2 Å². The summed E-state index contributed by atoms with van der Waals surface area (Å²) in [6.45, 7) is 9.86. The van der Waals surface area contributed by atoms with Gasteiger partial charge in [-0.1, -0.05) is 53.6 Å². The average molecular weight is 1510 g/mol. The van der Waals surface area contributed by atoms with E-state index >= 15 is 0 Å². The highest BCUT2D eigenvalue weighted by atomic mass is 35.5. The molecule has 5 aliphatic heterocycles. The number of benzene rings is 5. The number of alkyl halides is 3. The number of aromatic amines is 5. The number of nitrogens with zero attached hydrogens (tertiary/aromatic N) is 6. The van der Waals surface area contributed by atoms with Crippen molar-refractivity contribution in [2.75, 3.05) is 78.0 Å². The van der Waals surface area contributed by atoms with Crippen molar-refractivity contribution in [1.82, 2.24) is 48.2 Å². The largest absolute Gasteiger partial charge is 0.416 e. The minimum absolute atomic E-state index is 0.00795. The first-order chi connectivity index (χ1) is 49.3. The normalized spacial score (nSPS) is 16.2. The predicted octanol–water partition coefficient (Wildman–Crippen LogP) is 15.6. The molecule has 0 unspecified atom stereocenters. The first-order valence-corrected chi connectivity index (χ1v) is 37.5. The van der Waals surface area contributed by atoms with Gasteiger partial charge in [-0.2, -0.15) is 27.0 Å². The van der Waals surface area contributed by atoms with E-state index in [1.165, 1.54) is 65.3 Å². The molecule has 5 N–H and O–H groups in total. The molecule has 0 saturated heterocycles. The van der Waals surface area contributed by atoms with Crippen molar-refractivity contribution in [2.24, 2.45) is 0 Å². The van der Waals surface area contributed by atoms with E-state index in [4.69, 9.17) is 28.5 Å². The molecule has 0 spiro atoms. The fourth-order valence-electron chi connectivity index (χ4n) is 13.2. The molecule has 29 heteroatoms. The van der Waals surface area contributed by atoms with Crippen molar-refractivity contribution in [3.8, 4) is 6.07 Å². The quantitative estimate of drug-likeness (QED) is 0.0960. The van der Waals surface area contributed by atoms with Crippen molar-refractivity contribution in [2.45, 2.75) is 59.1 Å². The van der Waals surface area contributed by atoms with Gasteiger partial charge in [0.1, 0.15) is 23.3 Å². The van der Waals surface area contributed by atoms with Gasteiger partial charge < -0.3 is 39.6 Å². The summed E-state index contributed by atoms with van der Waals surface area (Å²) in [4.78, 5) is 54.4. The van der Waals surface area contributed by atoms with E-state index in [1.807, 2.05) is 61.1 Å². The number of rotatable bonds is 7. The van der Waals surface area contributed by atoms with Crippen LogP contribution in [-0.2, 0) is 40.6 Å². The van der Waals surface area contributed by atoms with Crippen molar-refractivity contribution < 1.29 is 62.0 Å². The van der Waals surface area contributed by atoms with Crippen LogP contribution in [-0.4, -0.2) is 161 Å². The van der Waals surface area contributed by atoms with Crippen LogP contribution in [0.3, 0.4) is 0 Å². The summed E-state index contributed by atoms with van der Waals surface area (Å²) in [5.41, 5.74) is 13.3. The van der Waals surface area contributed by atoms with Gasteiger partial charge in [-0.15, -0.1) is 0 Å². The number of hydrogen-bond donors (Lipinski definition) is 5. The molecule has 15 rings (SSSR count). The number of nitrogens with one attached hydrogen (secondary N) is 5. The molecule has 544 valence electrons. The highest BCUT2D eigenvalue weighted by molar-refractivity contribution is 7.88. The summed E-state index contributed by atoms with van der Waals surface area (Å²) < 4.78 is 142. The first kappa shape index (κ1) is 75.5. The lowest BCUT2D eigenvalue weighted by Crippen LogP contribution is -2.33. The highest BCUT2D eigenvalue weighted by Gasteiger charge is 2.32. The number of aromatic nitrogens is 5. The SMILES string of the molecule is CC(=O)N1CC=C(c2c[nH]c3c(F)cc(F)cc23)CC1.CC(=O)N1CC=C(c2c[nH]c3cc(Cl)c(F)cc23)CC1.CC(=O)N1CC=C(c2c[nH]c3ccc(C(F)(F)F)cc23)CC1.CS(=O)(=O)N1CC=C(c2c[nH]c3cc(Cl)c(F)cc23)CC1.CS(=O)(=O)N1CC=C(c2c[nH]c3ccc(C#N)cc23)CC1. The Morgan fingerprint density at radius 3 is 1.15 bits per heavy atom. The molecule has 0 fully saturated rings. The second-order valence-corrected chi connectivity index (χ2v) is 30.4. The molecule has 10 heterocycles. The van der Waals surface area contributed by atoms with E-state index in [1.54, 1.807) is 52.2 Å². The van der Waals surface area contributed by atoms with Crippen LogP contribution in [0.2, 0.25) is 10.0 Å². The number of carbonyl (C=O) groups excluding carboxylic acids is 3. The van der Waals surface area contributed by atoms with Gasteiger partial charge in [0, 0.05) is 200 Å². The smallest absolute Gasteiger partial charge is 0.361 e. The lowest BCUT2D eigenvalue weighted by atomic mass is 9.98. The number of carbonyl (C=O) groups is 3. The van der Waals surface area contributed by atoms with Crippen molar-refractivity contribution >= 4 is 143 Å². The van der Waals surface area contributed by atoms with Crippen molar-refractivity contribution in [3.63, 3.8) is 0 Å². The Kier molecular flexibility index (Phi) is 22.7. The molecule has 0 aliphatic carbocycles. The topological polar surface area (TPSA) is 238 Å². The van der Waals surface area contributed by atoms with Crippen LogP contribution in [0, 0.1) is 34.6 Å². The Bertz CT molecular complexity index is 5470. The standard InChI is InChI=1S/C16H15F3N2O.C15H14ClFN2O.C15H14F2N2O.C15H15N3O2S.C14H14ClFN2O2S/c1-10(22)21-6-4-11(5-7-21)14-9-20-15-3-2-12(8-13(14)15)16(17,18)19;1-9(20)19-4-2-10(3-5-19)12-8-18-15-7-13(16)14(17)6-11(12)15;1-9(20)19-4-2-10(3-5-19)13-8-18-15-12(13)6-11(16)7-14(15)17;1-21(19,20)18-6-4-12(5-7-18)14-10-17-15-3-2-11(9-16)8-13(14)15;1-21(19,20)18-4-2-9(3-5-18)11-8-17-14-7-12(15)13(16)6-10(11)14/h2-4,8-9,20H,5-7H2,1H3;2*2,6-8,18H,3-5H2,1H3;2-4,8,10,17H,5-7H2,1H3;2,6-8,17H,3-5H2,1H3. The predicted molar refractivity (Wildman–Crippen MR) is 394 cm³/mol. The molecule has 0 bridgehead atoms. The Hall–Kier alpha value is -9.69. The van der Waals surface area contributed by atoms with Crippen molar-refractivity contribution in [1.29, 1.82) is 5.26 Å². The summed E-state index contributed by atoms with van der Waals surface area (Å²) in [7, 11) is -6.30. The molecular weight excluding hydrogens is 1430 g/mol. The second-order valence-electron chi connectivity index (χ2n) is 25.6. The zero-order chi connectivity index (χ0) is 74.7. The van der Waals surface area contributed by atoms with E-state index in [0.717, 1.165) is 107 Å². The van der Waals surface area contributed by atoms with Gasteiger partial charge in [-0.25, -0.2) is 34.4 Å². The fourth-order valence-corrected chi connectivity index (χ4v) is 15.1. The van der Waals surface area contributed by atoms with Crippen LogP contribution in [0.5, 0.6) is 0 Å². The van der Waals surface area contributed by atoms with E-state index in [-0.39, 0.29) is 27.8 Å². The van der Waals surface area contributed by atoms with Gasteiger partial charge in [0.05, 0.1) is 45.3 Å². The number of fused-ring (bicyclic) bond motifs is 5. The fraction of sp³-hybridized carbons (Fsp3) is 0.280. The van der Waals surface area contributed by atoms with Gasteiger partial charge in [0.2, 0.25) is 37.8 Å². The maximum Gasteiger partial charge on any atom is 0.416 e. The molecule has 0 saturated carbocycles. The summed E-state index contributed by atoms with van der Waals surface area (Å²) in [6.07, 6.45) is 20.2. The molecule has 10 aromatic rings. The van der Waals surface area contributed by atoms with Crippen LogP contribution in [0.4, 0.5) is 30.7 Å². The minimum Gasteiger partial charge on any atom is -0.361 e. The van der Waals surface area contributed by atoms with Crippen LogP contribution in [0.15, 0.2) is 134 Å². The molecule has 3 amide bonds. The Balaban J connectivity index is 0.000000130. The van der Waals surface area contributed by atoms with Gasteiger partial charge in [-0.05, 0) is 127 Å². The monoisotopic (exact) mass is 1510 g/mol. The maximum absolute atomic E-state index is 13.7. The van der Waals surface area contributed by atoms with Gasteiger partial charge in [-0.3, -0.25) is 14.4 Å². The van der Waals surface area contributed by atoms with Gasteiger partial charge >= 0.3 is 6.18 Å². The Morgan fingerprint density at radius 2 is 0.798 bits per heavy atom. The van der Waals surface area contributed by atoms with Gasteiger partial charge in [0.25, 0.3) is 0 Å². The van der Waals surface area contributed by atoms with E-state index in [9.17, 15) is 62.0 Å². The lowest BCUT2D eigenvalue weighted by Gasteiger charge is -2.25. The third kappa shape index (κ3) is 17.2. The van der Waals surface area contributed by atoms with Crippen LogP contribution in [0.25, 0.3) is 82.4 Å². The third-order valence-electron chi connectivity index (χ3n) is 18.9. The molecule has 5 aromatic heterocycles. The summed E-state index contributed by atoms with van der Waals surface area (Å²) in [5, 5.41) is 12.9. The van der Waals surface area contributed by atoms with Crippen LogP contribution < -0.4 is 0 Å². The molecule has 0 radical (unpaired) electrons. The maximum atomic E-state index is 13.7. The number of H-pyrrole nitrogens is 5. The first-order valence-electron chi connectivity index (χ1n) is 33.0. The Morgan fingerprint density at radius 1 is 0.442 bits per heavy atom. The average Bonchev–Trinajstić information content (AvgIpc) is 1.72. The summed E-state index contributed by atoms with van der Waals surface area (Å²) in [5.74, 6) is -1.92.